The highest BCUT2D eigenvalue weighted by Crippen LogP contribution is 2.36. The Morgan fingerprint density at radius 3 is 2.58 bits per heavy atom. The molecular formula is C12H10F4N2S. The number of alkyl halides is 3. The summed E-state index contributed by atoms with van der Waals surface area (Å²) >= 11 is 0.505. The molecule has 2 rings (SSSR count). The van der Waals surface area contributed by atoms with Crippen LogP contribution in [0.4, 0.5) is 17.6 Å². The minimum absolute atomic E-state index is 0.296. The Bertz CT molecular complexity index is 577. The lowest BCUT2D eigenvalue weighted by molar-refractivity contribution is -0.137. The molecular weight excluding hydrogens is 280 g/mol. The van der Waals surface area contributed by atoms with Gasteiger partial charge in [-0.1, -0.05) is 0 Å². The van der Waals surface area contributed by atoms with Gasteiger partial charge in [0.05, 0.1) is 4.88 Å². The Morgan fingerprint density at radius 1 is 1.26 bits per heavy atom. The topological polar surface area (TPSA) is 24.9 Å². The predicted octanol–water partition coefficient (Wildman–Crippen LogP) is 3.69. The molecule has 19 heavy (non-hydrogen) atoms. The lowest BCUT2D eigenvalue weighted by Gasteiger charge is -2.04. The number of hydrogen-bond donors (Lipinski definition) is 1. The first-order valence-electron chi connectivity index (χ1n) is 5.37. The van der Waals surface area contributed by atoms with Crippen molar-refractivity contribution < 1.29 is 17.6 Å². The Kier molecular flexibility index (Phi) is 3.86. The van der Waals surface area contributed by atoms with Gasteiger partial charge in [0, 0.05) is 12.7 Å². The lowest BCUT2D eigenvalue weighted by atomic mass is 10.1. The molecule has 0 bridgehead atoms. The third-order valence-electron chi connectivity index (χ3n) is 2.37. The van der Waals surface area contributed by atoms with E-state index in [0.29, 0.717) is 33.9 Å². The average Bonchev–Trinajstić information content (AvgIpc) is 2.77. The zero-order valence-corrected chi connectivity index (χ0v) is 10.7. The molecule has 0 unspecified atom stereocenters. The highest BCUT2D eigenvalue weighted by Gasteiger charge is 2.34. The second-order valence-electron chi connectivity index (χ2n) is 3.91. The van der Waals surface area contributed by atoms with Crippen LogP contribution < -0.4 is 5.32 Å². The molecule has 1 aromatic carbocycles. The zero-order chi connectivity index (χ0) is 14.0. The van der Waals surface area contributed by atoms with E-state index in [2.05, 4.69) is 10.3 Å². The van der Waals surface area contributed by atoms with Crippen molar-refractivity contribution in [3.63, 3.8) is 0 Å². The Balaban J connectivity index is 2.38. The second-order valence-corrected chi connectivity index (χ2v) is 4.94. The van der Waals surface area contributed by atoms with Gasteiger partial charge in [0.1, 0.15) is 5.82 Å². The van der Waals surface area contributed by atoms with Crippen molar-refractivity contribution in [3.05, 3.63) is 40.8 Å². The molecule has 0 aliphatic heterocycles. The SMILES string of the molecule is CNCc1cc(F)cc(-c2cnc(C(F)(F)F)s2)c1. The average molecular weight is 290 g/mol. The minimum Gasteiger partial charge on any atom is -0.316 e. The first-order valence-corrected chi connectivity index (χ1v) is 6.19. The molecule has 1 heterocycles. The van der Waals surface area contributed by atoms with E-state index >= 15 is 0 Å². The number of halogens is 4. The summed E-state index contributed by atoms with van der Waals surface area (Å²) in [6.07, 6.45) is -3.35. The molecule has 7 heteroatoms. The highest BCUT2D eigenvalue weighted by molar-refractivity contribution is 7.15. The van der Waals surface area contributed by atoms with E-state index in [1.54, 1.807) is 13.1 Å². The third kappa shape index (κ3) is 3.30. The molecule has 0 saturated heterocycles. The molecule has 0 spiro atoms. The molecule has 2 aromatic rings. The van der Waals surface area contributed by atoms with E-state index < -0.39 is 17.0 Å². The monoisotopic (exact) mass is 290 g/mol. The Morgan fingerprint density at radius 2 is 2.00 bits per heavy atom. The quantitative estimate of drug-likeness (QED) is 0.872. The maximum atomic E-state index is 13.4. The molecule has 1 N–H and O–H groups in total. The number of benzene rings is 1. The molecule has 0 amide bonds. The summed E-state index contributed by atoms with van der Waals surface area (Å²) in [6.45, 7) is 0.440. The Labute approximate surface area is 111 Å². The van der Waals surface area contributed by atoms with Gasteiger partial charge in [0.25, 0.3) is 0 Å². The number of nitrogens with zero attached hydrogens (tertiary/aromatic N) is 1. The van der Waals surface area contributed by atoms with E-state index in [1.807, 2.05) is 0 Å². The summed E-state index contributed by atoms with van der Waals surface area (Å²) < 4.78 is 50.8. The summed E-state index contributed by atoms with van der Waals surface area (Å²) in [5, 5.41) is 1.93. The fourth-order valence-electron chi connectivity index (χ4n) is 1.64. The summed E-state index contributed by atoms with van der Waals surface area (Å²) in [5.74, 6) is -0.482. The minimum atomic E-state index is -4.47. The van der Waals surface area contributed by atoms with Crippen LogP contribution in [0.2, 0.25) is 0 Å². The van der Waals surface area contributed by atoms with Crippen molar-refractivity contribution in [1.82, 2.24) is 10.3 Å². The highest BCUT2D eigenvalue weighted by atomic mass is 32.1. The van der Waals surface area contributed by atoms with Crippen LogP contribution in [0.25, 0.3) is 10.4 Å². The molecule has 102 valence electrons. The number of rotatable bonds is 3. The van der Waals surface area contributed by atoms with Gasteiger partial charge in [-0.3, -0.25) is 0 Å². The van der Waals surface area contributed by atoms with E-state index in [9.17, 15) is 17.6 Å². The van der Waals surface area contributed by atoms with Crippen molar-refractivity contribution in [2.45, 2.75) is 12.7 Å². The fourth-order valence-corrected chi connectivity index (χ4v) is 2.41. The number of aromatic nitrogens is 1. The molecule has 0 fully saturated rings. The summed E-state index contributed by atoms with van der Waals surface area (Å²) in [5.41, 5.74) is 1.07. The van der Waals surface area contributed by atoms with Gasteiger partial charge in [-0.05, 0) is 36.4 Å². The molecule has 1 aromatic heterocycles. The predicted molar refractivity (Wildman–Crippen MR) is 65.3 cm³/mol. The molecule has 0 atom stereocenters. The van der Waals surface area contributed by atoms with Crippen LogP contribution in [-0.4, -0.2) is 12.0 Å². The maximum absolute atomic E-state index is 13.4. The standard InChI is InChI=1S/C12H10F4N2S/c1-17-5-7-2-8(4-9(13)3-7)10-6-18-11(19-10)12(14,15)16/h2-4,6,17H,5H2,1H3. The zero-order valence-electron chi connectivity index (χ0n) is 9.88. The second kappa shape index (κ2) is 5.26. The van der Waals surface area contributed by atoms with Crippen molar-refractivity contribution in [2.24, 2.45) is 0 Å². The molecule has 0 aliphatic rings. The lowest BCUT2D eigenvalue weighted by Crippen LogP contribution is -2.05. The van der Waals surface area contributed by atoms with E-state index in [0.717, 1.165) is 6.20 Å². The van der Waals surface area contributed by atoms with Gasteiger partial charge in [-0.25, -0.2) is 9.37 Å². The van der Waals surface area contributed by atoms with Gasteiger partial charge >= 0.3 is 6.18 Å². The summed E-state index contributed by atoms with van der Waals surface area (Å²) in [6, 6.07) is 4.19. The smallest absolute Gasteiger partial charge is 0.316 e. The van der Waals surface area contributed by atoms with E-state index in [-0.39, 0.29) is 0 Å². The first kappa shape index (κ1) is 14.0. The molecule has 0 radical (unpaired) electrons. The summed E-state index contributed by atoms with van der Waals surface area (Å²) in [7, 11) is 1.71. The first-order chi connectivity index (χ1) is 8.90. The van der Waals surface area contributed by atoms with Crippen molar-refractivity contribution in [1.29, 1.82) is 0 Å². The summed E-state index contributed by atoms with van der Waals surface area (Å²) in [4.78, 5) is 3.62. The number of nitrogens with one attached hydrogen (secondary N) is 1. The van der Waals surface area contributed by atoms with Gasteiger partial charge < -0.3 is 5.32 Å². The van der Waals surface area contributed by atoms with Gasteiger partial charge in [-0.2, -0.15) is 13.2 Å². The van der Waals surface area contributed by atoms with Crippen LogP contribution in [0.1, 0.15) is 10.6 Å². The molecule has 0 saturated carbocycles. The van der Waals surface area contributed by atoms with Crippen LogP contribution >= 0.6 is 11.3 Å². The van der Waals surface area contributed by atoms with E-state index in [4.69, 9.17) is 0 Å². The van der Waals surface area contributed by atoms with Crippen LogP contribution in [0.3, 0.4) is 0 Å². The van der Waals surface area contributed by atoms with Crippen molar-refractivity contribution in [3.8, 4) is 10.4 Å². The van der Waals surface area contributed by atoms with Gasteiger partial charge in [0.2, 0.25) is 0 Å². The van der Waals surface area contributed by atoms with Crippen LogP contribution in [-0.2, 0) is 12.7 Å². The fraction of sp³-hybridized carbons (Fsp3) is 0.250. The maximum Gasteiger partial charge on any atom is 0.443 e. The van der Waals surface area contributed by atoms with Crippen LogP contribution in [0, 0.1) is 5.82 Å². The third-order valence-corrected chi connectivity index (χ3v) is 3.46. The normalized spacial score (nSPS) is 11.8. The molecule has 2 nitrogen and oxygen atoms in total. The van der Waals surface area contributed by atoms with E-state index in [1.165, 1.54) is 12.1 Å². The van der Waals surface area contributed by atoms with Gasteiger partial charge in [-0.15, -0.1) is 11.3 Å². The van der Waals surface area contributed by atoms with Gasteiger partial charge in [0.15, 0.2) is 5.01 Å². The molecule has 0 aliphatic carbocycles. The largest absolute Gasteiger partial charge is 0.443 e. The van der Waals surface area contributed by atoms with Crippen LogP contribution in [0.5, 0.6) is 0 Å². The van der Waals surface area contributed by atoms with Crippen molar-refractivity contribution in [2.75, 3.05) is 7.05 Å². The van der Waals surface area contributed by atoms with Crippen molar-refractivity contribution >= 4 is 11.3 Å². The Hall–Kier alpha value is -1.47. The van der Waals surface area contributed by atoms with Crippen LogP contribution in [0.15, 0.2) is 24.4 Å². The number of hydrogen-bond acceptors (Lipinski definition) is 3. The number of thiazole rings is 1.